The molecule has 3 aromatic heterocycles. The van der Waals surface area contributed by atoms with Gasteiger partial charge in [0.2, 0.25) is 5.89 Å². The Balaban J connectivity index is 0.983. The molecule has 254 valence electrons. The molecule has 0 spiro atoms. The van der Waals surface area contributed by atoms with E-state index in [4.69, 9.17) is 18.2 Å². The summed E-state index contributed by atoms with van der Waals surface area (Å²) in [6.07, 6.45) is 0. The quantitative estimate of drug-likeness (QED) is 0.173. The fraction of sp³-hybridized carbons (Fsp3) is 0. The van der Waals surface area contributed by atoms with Crippen molar-refractivity contribution in [2.75, 3.05) is 4.90 Å². The summed E-state index contributed by atoms with van der Waals surface area (Å²) in [6.45, 7) is 0. The van der Waals surface area contributed by atoms with Gasteiger partial charge < -0.3 is 18.2 Å². The molecule has 0 saturated carbocycles. The van der Waals surface area contributed by atoms with E-state index < -0.39 is 0 Å². The Labute approximate surface area is 309 Å². The smallest absolute Gasteiger partial charge is 0.227 e. The lowest BCUT2D eigenvalue weighted by Crippen LogP contribution is -2.09. The first-order valence-corrected chi connectivity index (χ1v) is 18.0. The van der Waals surface area contributed by atoms with Gasteiger partial charge in [0, 0.05) is 38.8 Å². The maximum Gasteiger partial charge on any atom is 0.227 e. The highest BCUT2D eigenvalue weighted by Gasteiger charge is 2.19. The van der Waals surface area contributed by atoms with Crippen molar-refractivity contribution in [2.24, 2.45) is 0 Å². The lowest BCUT2D eigenvalue weighted by Gasteiger charge is -2.26. The zero-order valence-corrected chi connectivity index (χ0v) is 28.9. The van der Waals surface area contributed by atoms with Gasteiger partial charge in [-0.1, -0.05) is 97.1 Å². The summed E-state index contributed by atoms with van der Waals surface area (Å²) in [5.41, 5.74) is 13.5. The van der Waals surface area contributed by atoms with Crippen LogP contribution in [0.5, 0.6) is 0 Å². The third-order valence-electron chi connectivity index (χ3n) is 10.3. The zero-order valence-electron chi connectivity index (χ0n) is 28.9. The SMILES string of the molecule is c1ccc(-c2ccc(N(c3ccc(-c4ccc5c(c4)oc4ccc6nc(-c7ccccc7)oc6c45)cc3)c3ccc4oc5ccccc5c4c3)cc2)cc1. The van der Waals surface area contributed by atoms with Crippen LogP contribution in [-0.2, 0) is 0 Å². The monoisotopic (exact) mass is 694 g/mol. The van der Waals surface area contributed by atoms with Crippen LogP contribution in [0.4, 0.5) is 17.1 Å². The molecule has 5 heteroatoms. The Morgan fingerprint density at radius 2 is 0.926 bits per heavy atom. The van der Waals surface area contributed by atoms with E-state index in [2.05, 4.69) is 126 Å². The van der Waals surface area contributed by atoms with Crippen LogP contribution >= 0.6 is 0 Å². The molecule has 11 rings (SSSR count). The third-order valence-corrected chi connectivity index (χ3v) is 10.3. The molecular formula is C49H30N2O3. The van der Waals surface area contributed by atoms with Crippen LogP contribution in [0.1, 0.15) is 0 Å². The zero-order chi connectivity index (χ0) is 35.6. The summed E-state index contributed by atoms with van der Waals surface area (Å²) in [4.78, 5) is 7.08. The molecule has 0 radical (unpaired) electrons. The van der Waals surface area contributed by atoms with Gasteiger partial charge >= 0.3 is 0 Å². The molecule has 3 heterocycles. The number of para-hydroxylation sites is 1. The number of nitrogens with zero attached hydrogens (tertiary/aromatic N) is 2. The number of hydrogen-bond acceptors (Lipinski definition) is 5. The van der Waals surface area contributed by atoms with Crippen LogP contribution in [0.3, 0.4) is 0 Å². The van der Waals surface area contributed by atoms with Crippen molar-refractivity contribution in [2.45, 2.75) is 0 Å². The first-order valence-electron chi connectivity index (χ1n) is 18.0. The van der Waals surface area contributed by atoms with Crippen LogP contribution in [0, 0.1) is 0 Å². The minimum absolute atomic E-state index is 0.600. The second kappa shape index (κ2) is 12.1. The summed E-state index contributed by atoms with van der Waals surface area (Å²) in [5, 5.41) is 4.13. The van der Waals surface area contributed by atoms with E-state index in [0.29, 0.717) is 5.89 Å². The van der Waals surface area contributed by atoms with Gasteiger partial charge in [-0.15, -0.1) is 0 Å². The molecule has 0 amide bonds. The maximum atomic E-state index is 6.41. The molecule has 0 fully saturated rings. The summed E-state index contributed by atoms with van der Waals surface area (Å²) in [6, 6.07) is 62.9. The number of anilines is 3. The van der Waals surface area contributed by atoms with Crippen LogP contribution < -0.4 is 4.90 Å². The van der Waals surface area contributed by atoms with Crippen molar-refractivity contribution in [1.29, 1.82) is 0 Å². The van der Waals surface area contributed by atoms with Crippen LogP contribution in [0.25, 0.3) is 88.7 Å². The van der Waals surface area contributed by atoms with E-state index >= 15 is 0 Å². The molecule has 0 aliphatic carbocycles. The van der Waals surface area contributed by atoms with Crippen LogP contribution in [0.15, 0.2) is 195 Å². The number of benzene rings is 8. The van der Waals surface area contributed by atoms with Crippen molar-refractivity contribution in [3.05, 3.63) is 182 Å². The van der Waals surface area contributed by atoms with Crippen LogP contribution in [0.2, 0.25) is 0 Å². The lowest BCUT2D eigenvalue weighted by atomic mass is 10.0. The fourth-order valence-electron chi connectivity index (χ4n) is 7.67. The number of rotatable bonds is 6. The first kappa shape index (κ1) is 30.3. The van der Waals surface area contributed by atoms with Crippen molar-refractivity contribution in [3.63, 3.8) is 0 Å². The lowest BCUT2D eigenvalue weighted by molar-refractivity contribution is 0.622. The van der Waals surface area contributed by atoms with E-state index in [9.17, 15) is 0 Å². The number of aromatic nitrogens is 1. The molecule has 8 aromatic carbocycles. The molecule has 0 bridgehead atoms. The van der Waals surface area contributed by atoms with Gasteiger partial charge in [-0.25, -0.2) is 4.98 Å². The van der Waals surface area contributed by atoms with E-state index in [1.54, 1.807) is 0 Å². The minimum atomic E-state index is 0.600. The number of furan rings is 2. The maximum absolute atomic E-state index is 6.41. The highest BCUT2D eigenvalue weighted by Crippen LogP contribution is 2.41. The second-order valence-electron chi connectivity index (χ2n) is 13.6. The summed E-state index contributed by atoms with van der Waals surface area (Å²) < 4.78 is 18.9. The molecule has 0 aliphatic rings. The number of fused-ring (bicyclic) bond motifs is 8. The average Bonchev–Trinajstić information content (AvgIpc) is 3.95. The molecule has 0 saturated heterocycles. The topological polar surface area (TPSA) is 55.6 Å². The van der Waals surface area contributed by atoms with Gasteiger partial charge in [0.25, 0.3) is 0 Å². The van der Waals surface area contributed by atoms with Gasteiger partial charge in [-0.3, -0.25) is 0 Å². The van der Waals surface area contributed by atoms with Gasteiger partial charge in [-0.05, 0) is 107 Å². The van der Waals surface area contributed by atoms with Gasteiger partial charge in [0.1, 0.15) is 27.8 Å². The normalized spacial score (nSPS) is 11.7. The molecule has 0 N–H and O–H groups in total. The average molecular weight is 695 g/mol. The third kappa shape index (κ3) is 4.98. The van der Waals surface area contributed by atoms with E-state index in [1.165, 1.54) is 11.1 Å². The van der Waals surface area contributed by atoms with Gasteiger partial charge in [0.05, 0.1) is 5.39 Å². The Bertz CT molecular complexity index is 3140. The Hall–Kier alpha value is -7.37. The van der Waals surface area contributed by atoms with Crippen molar-refractivity contribution < 1.29 is 13.3 Å². The molecule has 54 heavy (non-hydrogen) atoms. The summed E-state index contributed by atoms with van der Waals surface area (Å²) in [5.74, 6) is 0.600. The molecule has 0 aliphatic heterocycles. The molecule has 5 nitrogen and oxygen atoms in total. The molecule has 0 atom stereocenters. The largest absolute Gasteiger partial charge is 0.456 e. The van der Waals surface area contributed by atoms with Crippen LogP contribution in [-0.4, -0.2) is 4.98 Å². The summed E-state index contributed by atoms with van der Waals surface area (Å²) in [7, 11) is 0. The molecular weight excluding hydrogens is 665 g/mol. The number of hydrogen-bond donors (Lipinski definition) is 0. The number of oxazole rings is 1. The van der Waals surface area contributed by atoms with E-state index in [0.717, 1.165) is 88.7 Å². The van der Waals surface area contributed by atoms with Crippen molar-refractivity contribution >= 4 is 72.0 Å². The molecule has 11 aromatic rings. The predicted molar refractivity (Wildman–Crippen MR) is 220 cm³/mol. The van der Waals surface area contributed by atoms with E-state index in [-0.39, 0.29) is 0 Å². The molecule has 0 unspecified atom stereocenters. The summed E-state index contributed by atoms with van der Waals surface area (Å²) >= 11 is 0. The fourth-order valence-corrected chi connectivity index (χ4v) is 7.67. The Morgan fingerprint density at radius 1 is 0.352 bits per heavy atom. The van der Waals surface area contributed by atoms with E-state index in [1.807, 2.05) is 60.7 Å². The van der Waals surface area contributed by atoms with Crippen molar-refractivity contribution in [3.8, 4) is 33.7 Å². The van der Waals surface area contributed by atoms with Crippen molar-refractivity contribution in [1.82, 2.24) is 4.98 Å². The highest BCUT2D eigenvalue weighted by molar-refractivity contribution is 6.17. The standard InChI is InChI=1S/C49H30N2O3/c1-3-9-31(10-4-1)32-15-20-36(21-16-32)51(38-24-27-44-41(30-38)39-13-7-8-14-43(39)52-44)37-22-17-33(18-23-37)35-19-25-40-46(29-35)53-45-28-26-42-48(47(40)45)54-49(50-42)34-11-5-2-6-12-34/h1-30H. The Kier molecular flexibility index (Phi) is 6.79. The predicted octanol–water partition coefficient (Wildman–Crippen LogP) is 14.1. The van der Waals surface area contributed by atoms with Gasteiger partial charge in [0.15, 0.2) is 5.58 Å². The minimum Gasteiger partial charge on any atom is -0.456 e. The van der Waals surface area contributed by atoms with Gasteiger partial charge in [-0.2, -0.15) is 0 Å². The highest BCUT2D eigenvalue weighted by atomic mass is 16.4. The Morgan fingerprint density at radius 3 is 1.69 bits per heavy atom. The second-order valence-corrected chi connectivity index (χ2v) is 13.6. The first-order chi connectivity index (χ1) is 26.7.